The minimum atomic E-state index is 0.170. The molecule has 3 N–H and O–H groups in total. The third kappa shape index (κ3) is 2.98. The van der Waals surface area contributed by atoms with E-state index in [1.54, 1.807) is 0 Å². The fourth-order valence-corrected chi connectivity index (χ4v) is 1.76. The van der Waals surface area contributed by atoms with Gasteiger partial charge in [0.25, 0.3) is 0 Å². The molecule has 0 saturated heterocycles. The molecule has 0 aliphatic carbocycles. The van der Waals surface area contributed by atoms with Gasteiger partial charge in [-0.05, 0) is 18.1 Å². The number of hydrogen-bond acceptors (Lipinski definition) is 2. The van der Waals surface area contributed by atoms with Crippen molar-refractivity contribution in [2.75, 3.05) is 0 Å². The molecular weight excluding hydrogens is 196 g/mol. The minimum Gasteiger partial charge on any atom is -0.271 e. The van der Waals surface area contributed by atoms with Crippen LogP contribution in [0.4, 0.5) is 0 Å². The van der Waals surface area contributed by atoms with Crippen molar-refractivity contribution in [2.24, 2.45) is 5.84 Å². The zero-order valence-electron chi connectivity index (χ0n) is 8.46. The molecule has 2 nitrogen and oxygen atoms in total. The van der Waals surface area contributed by atoms with Crippen LogP contribution in [0.5, 0.6) is 0 Å². The fraction of sp³-hybridized carbons (Fsp3) is 0.455. The van der Waals surface area contributed by atoms with E-state index in [0.717, 1.165) is 23.4 Å². The van der Waals surface area contributed by atoms with Crippen molar-refractivity contribution in [3.05, 3.63) is 34.9 Å². The van der Waals surface area contributed by atoms with E-state index in [2.05, 4.69) is 12.3 Å². The highest BCUT2D eigenvalue weighted by Crippen LogP contribution is 2.25. The SMILES string of the molecule is CCCCC(NN)c1ccccc1Cl. The van der Waals surface area contributed by atoms with E-state index in [1.165, 1.54) is 6.42 Å². The van der Waals surface area contributed by atoms with Gasteiger partial charge in [-0.3, -0.25) is 11.3 Å². The van der Waals surface area contributed by atoms with Gasteiger partial charge in [-0.25, -0.2) is 0 Å². The highest BCUT2D eigenvalue weighted by atomic mass is 35.5. The zero-order chi connectivity index (χ0) is 10.4. The van der Waals surface area contributed by atoms with Crippen LogP contribution in [0.1, 0.15) is 37.8 Å². The van der Waals surface area contributed by atoms with Crippen molar-refractivity contribution >= 4 is 11.6 Å². The van der Waals surface area contributed by atoms with Crippen molar-refractivity contribution < 1.29 is 0 Å². The largest absolute Gasteiger partial charge is 0.271 e. The van der Waals surface area contributed by atoms with Gasteiger partial charge in [0.15, 0.2) is 0 Å². The second-order valence-corrected chi connectivity index (χ2v) is 3.79. The Hall–Kier alpha value is -0.570. The van der Waals surface area contributed by atoms with E-state index in [9.17, 15) is 0 Å². The lowest BCUT2D eigenvalue weighted by Gasteiger charge is -2.16. The lowest BCUT2D eigenvalue weighted by Crippen LogP contribution is -2.28. The van der Waals surface area contributed by atoms with Crippen LogP contribution in [-0.4, -0.2) is 0 Å². The van der Waals surface area contributed by atoms with Crippen LogP contribution < -0.4 is 11.3 Å². The van der Waals surface area contributed by atoms with Crippen molar-refractivity contribution in [3.8, 4) is 0 Å². The van der Waals surface area contributed by atoms with E-state index < -0.39 is 0 Å². The molecule has 1 aromatic rings. The van der Waals surface area contributed by atoms with Crippen LogP contribution in [0.2, 0.25) is 5.02 Å². The topological polar surface area (TPSA) is 38.0 Å². The lowest BCUT2D eigenvalue weighted by molar-refractivity contribution is 0.495. The highest BCUT2D eigenvalue weighted by molar-refractivity contribution is 6.31. The monoisotopic (exact) mass is 212 g/mol. The fourth-order valence-electron chi connectivity index (χ4n) is 1.49. The molecule has 0 aliphatic heterocycles. The molecule has 0 aromatic heterocycles. The number of hydrazine groups is 1. The maximum absolute atomic E-state index is 6.08. The van der Waals surface area contributed by atoms with E-state index in [4.69, 9.17) is 17.4 Å². The molecule has 0 saturated carbocycles. The molecule has 1 unspecified atom stereocenters. The second-order valence-electron chi connectivity index (χ2n) is 3.38. The molecule has 14 heavy (non-hydrogen) atoms. The van der Waals surface area contributed by atoms with Gasteiger partial charge in [0.2, 0.25) is 0 Å². The summed E-state index contributed by atoms with van der Waals surface area (Å²) < 4.78 is 0. The summed E-state index contributed by atoms with van der Waals surface area (Å²) in [5.41, 5.74) is 3.90. The van der Waals surface area contributed by atoms with Gasteiger partial charge in [0.1, 0.15) is 0 Å². The molecule has 3 heteroatoms. The first-order valence-corrected chi connectivity index (χ1v) is 5.38. The zero-order valence-corrected chi connectivity index (χ0v) is 9.22. The summed E-state index contributed by atoms with van der Waals surface area (Å²) in [5.74, 6) is 5.51. The van der Waals surface area contributed by atoms with Crippen LogP contribution in [0.15, 0.2) is 24.3 Å². The number of benzene rings is 1. The molecule has 0 bridgehead atoms. The Bertz CT molecular complexity index is 276. The van der Waals surface area contributed by atoms with E-state index >= 15 is 0 Å². The molecule has 0 spiro atoms. The van der Waals surface area contributed by atoms with Crippen LogP contribution in [0.3, 0.4) is 0 Å². The molecular formula is C11H17ClN2. The van der Waals surface area contributed by atoms with E-state index in [0.29, 0.717) is 0 Å². The van der Waals surface area contributed by atoms with E-state index in [-0.39, 0.29) is 6.04 Å². The van der Waals surface area contributed by atoms with E-state index in [1.807, 2.05) is 24.3 Å². The van der Waals surface area contributed by atoms with Crippen molar-refractivity contribution in [3.63, 3.8) is 0 Å². The Balaban J connectivity index is 2.73. The number of unbranched alkanes of at least 4 members (excludes halogenated alkanes) is 1. The van der Waals surface area contributed by atoms with Gasteiger partial charge in [-0.15, -0.1) is 0 Å². The highest BCUT2D eigenvalue weighted by Gasteiger charge is 2.11. The standard InChI is InChI=1S/C11H17ClN2/c1-2-3-8-11(14-13)9-6-4-5-7-10(9)12/h4-7,11,14H,2-3,8,13H2,1H3. The number of hydrogen-bond donors (Lipinski definition) is 2. The van der Waals surface area contributed by atoms with Crippen molar-refractivity contribution in [2.45, 2.75) is 32.2 Å². The first-order valence-electron chi connectivity index (χ1n) is 5.00. The molecule has 78 valence electrons. The van der Waals surface area contributed by atoms with Crippen LogP contribution in [-0.2, 0) is 0 Å². The Morgan fingerprint density at radius 3 is 2.71 bits per heavy atom. The predicted octanol–water partition coefficient (Wildman–Crippen LogP) is 3.03. The average molecular weight is 213 g/mol. The smallest absolute Gasteiger partial charge is 0.0474 e. The molecule has 0 fully saturated rings. The van der Waals surface area contributed by atoms with Gasteiger partial charge in [0, 0.05) is 11.1 Å². The summed E-state index contributed by atoms with van der Waals surface area (Å²) in [6.45, 7) is 2.17. The molecule has 1 aromatic carbocycles. The third-order valence-corrected chi connectivity index (χ3v) is 2.67. The second kappa shape index (κ2) is 6.02. The Morgan fingerprint density at radius 1 is 1.43 bits per heavy atom. The summed E-state index contributed by atoms with van der Waals surface area (Å²) >= 11 is 6.08. The molecule has 0 amide bonds. The average Bonchev–Trinajstić information content (AvgIpc) is 2.21. The summed E-state index contributed by atoms with van der Waals surface area (Å²) in [6.07, 6.45) is 3.35. The third-order valence-electron chi connectivity index (χ3n) is 2.33. The number of nitrogens with one attached hydrogen (secondary N) is 1. The van der Waals surface area contributed by atoms with Gasteiger partial charge < -0.3 is 0 Å². The Morgan fingerprint density at radius 2 is 2.14 bits per heavy atom. The first kappa shape index (κ1) is 11.5. The normalized spacial score (nSPS) is 12.8. The van der Waals surface area contributed by atoms with Gasteiger partial charge in [-0.1, -0.05) is 49.6 Å². The predicted molar refractivity (Wildman–Crippen MR) is 61.0 cm³/mol. The summed E-state index contributed by atoms with van der Waals surface area (Å²) in [6, 6.07) is 8.00. The minimum absolute atomic E-state index is 0.170. The lowest BCUT2D eigenvalue weighted by atomic mass is 10.0. The Labute approximate surface area is 90.4 Å². The number of rotatable bonds is 5. The maximum atomic E-state index is 6.08. The van der Waals surface area contributed by atoms with Crippen molar-refractivity contribution in [1.29, 1.82) is 0 Å². The maximum Gasteiger partial charge on any atom is 0.0474 e. The number of halogens is 1. The molecule has 0 radical (unpaired) electrons. The summed E-state index contributed by atoms with van der Waals surface area (Å²) in [5, 5.41) is 0.784. The van der Waals surface area contributed by atoms with Crippen LogP contribution >= 0.6 is 11.6 Å². The Kier molecular flexibility index (Phi) is 4.94. The summed E-state index contributed by atoms with van der Waals surface area (Å²) in [4.78, 5) is 0. The van der Waals surface area contributed by atoms with Gasteiger partial charge in [0.05, 0.1) is 0 Å². The molecule has 0 aliphatic rings. The molecule has 1 atom stereocenters. The number of nitrogens with two attached hydrogens (primary N) is 1. The summed E-state index contributed by atoms with van der Waals surface area (Å²) in [7, 11) is 0. The first-order chi connectivity index (χ1) is 6.79. The van der Waals surface area contributed by atoms with Crippen LogP contribution in [0.25, 0.3) is 0 Å². The molecule has 0 heterocycles. The van der Waals surface area contributed by atoms with Gasteiger partial charge in [-0.2, -0.15) is 0 Å². The molecule has 1 rings (SSSR count). The van der Waals surface area contributed by atoms with Crippen molar-refractivity contribution in [1.82, 2.24) is 5.43 Å². The van der Waals surface area contributed by atoms with Gasteiger partial charge >= 0.3 is 0 Å². The quantitative estimate of drug-likeness (QED) is 0.582. The van der Waals surface area contributed by atoms with Crippen LogP contribution in [0, 0.1) is 0 Å².